The second-order valence-electron chi connectivity index (χ2n) is 8.20. The number of carbonyl (C=O) groups excluding carboxylic acids is 2. The third-order valence-electron chi connectivity index (χ3n) is 5.34. The van der Waals surface area contributed by atoms with E-state index in [0.29, 0.717) is 23.9 Å². The van der Waals surface area contributed by atoms with Gasteiger partial charge in [0, 0.05) is 29.2 Å². The SMILES string of the molecule is CC(=O)CC(C)Cc1ccc(C#Cc2cccc(C(=O)NC3CCCC3)c2)cc1. The van der Waals surface area contributed by atoms with E-state index >= 15 is 0 Å². The first-order chi connectivity index (χ1) is 14.0. The molecule has 1 N–H and O–H groups in total. The van der Waals surface area contributed by atoms with Gasteiger partial charge in [0.15, 0.2) is 0 Å². The summed E-state index contributed by atoms with van der Waals surface area (Å²) in [7, 11) is 0. The summed E-state index contributed by atoms with van der Waals surface area (Å²) in [5.41, 5.74) is 3.66. The maximum atomic E-state index is 12.4. The Kier molecular flexibility index (Phi) is 7.25. The van der Waals surface area contributed by atoms with Crippen molar-refractivity contribution in [3.05, 3.63) is 70.8 Å². The number of benzene rings is 2. The molecular weight excluding hydrogens is 358 g/mol. The Hall–Kier alpha value is -2.86. The fourth-order valence-electron chi connectivity index (χ4n) is 3.91. The van der Waals surface area contributed by atoms with Gasteiger partial charge in [-0.3, -0.25) is 4.79 Å². The van der Waals surface area contributed by atoms with Crippen molar-refractivity contribution in [1.82, 2.24) is 5.32 Å². The van der Waals surface area contributed by atoms with Gasteiger partial charge in [-0.25, -0.2) is 0 Å². The minimum atomic E-state index is -0.00964. The van der Waals surface area contributed by atoms with Gasteiger partial charge in [0.2, 0.25) is 0 Å². The first kappa shape index (κ1) is 20.9. The molecule has 1 fully saturated rings. The zero-order valence-corrected chi connectivity index (χ0v) is 17.3. The van der Waals surface area contributed by atoms with Crippen molar-refractivity contribution in [2.45, 2.75) is 58.4 Å². The summed E-state index contributed by atoms with van der Waals surface area (Å²) in [6.07, 6.45) is 6.07. The monoisotopic (exact) mass is 387 g/mol. The third-order valence-corrected chi connectivity index (χ3v) is 5.34. The molecule has 3 heteroatoms. The van der Waals surface area contributed by atoms with Gasteiger partial charge in [0.1, 0.15) is 5.78 Å². The Balaban J connectivity index is 1.62. The molecule has 0 bridgehead atoms. The summed E-state index contributed by atoms with van der Waals surface area (Å²) in [6, 6.07) is 16.0. The smallest absolute Gasteiger partial charge is 0.251 e. The summed E-state index contributed by atoms with van der Waals surface area (Å²) in [5.74, 6) is 6.91. The van der Waals surface area contributed by atoms with Gasteiger partial charge < -0.3 is 10.1 Å². The van der Waals surface area contributed by atoms with Crippen molar-refractivity contribution in [1.29, 1.82) is 0 Å². The molecule has 1 atom stereocenters. The average Bonchev–Trinajstić information content (AvgIpc) is 3.20. The number of Topliss-reactive ketones (excluding diaryl/α,β-unsaturated/α-hetero) is 1. The van der Waals surface area contributed by atoms with Crippen LogP contribution in [0.25, 0.3) is 0 Å². The molecule has 0 saturated heterocycles. The summed E-state index contributed by atoms with van der Waals surface area (Å²) in [5, 5.41) is 3.12. The lowest BCUT2D eigenvalue weighted by atomic mass is 9.96. The Labute approximate surface area is 173 Å². The molecule has 1 aliphatic carbocycles. The predicted octanol–water partition coefficient (Wildman–Crippen LogP) is 4.92. The van der Waals surface area contributed by atoms with E-state index in [2.05, 4.69) is 36.2 Å². The number of amides is 1. The van der Waals surface area contributed by atoms with Crippen LogP contribution in [0.1, 0.15) is 73.0 Å². The van der Waals surface area contributed by atoms with Gasteiger partial charge in [-0.05, 0) is 68.0 Å². The first-order valence-corrected chi connectivity index (χ1v) is 10.5. The molecule has 0 heterocycles. The summed E-state index contributed by atoms with van der Waals surface area (Å²) in [6.45, 7) is 3.74. The normalized spacial score (nSPS) is 14.7. The molecule has 1 amide bonds. The maximum Gasteiger partial charge on any atom is 0.251 e. The van der Waals surface area contributed by atoms with E-state index in [1.807, 2.05) is 36.4 Å². The first-order valence-electron chi connectivity index (χ1n) is 10.5. The Morgan fingerprint density at radius 2 is 1.72 bits per heavy atom. The zero-order valence-electron chi connectivity index (χ0n) is 17.3. The lowest BCUT2D eigenvalue weighted by Crippen LogP contribution is -2.32. The van der Waals surface area contributed by atoms with E-state index in [4.69, 9.17) is 0 Å². The van der Waals surface area contributed by atoms with Crippen LogP contribution in [0, 0.1) is 17.8 Å². The third kappa shape index (κ3) is 6.61. The van der Waals surface area contributed by atoms with Gasteiger partial charge in [-0.15, -0.1) is 0 Å². The molecule has 150 valence electrons. The van der Waals surface area contributed by atoms with Crippen molar-refractivity contribution < 1.29 is 9.59 Å². The largest absolute Gasteiger partial charge is 0.349 e. The molecule has 0 radical (unpaired) electrons. The zero-order chi connectivity index (χ0) is 20.6. The highest BCUT2D eigenvalue weighted by Gasteiger charge is 2.17. The van der Waals surface area contributed by atoms with Crippen LogP contribution in [-0.2, 0) is 11.2 Å². The Morgan fingerprint density at radius 3 is 2.41 bits per heavy atom. The number of carbonyl (C=O) groups is 2. The molecule has 0 aliphatic heterocycles. The molecule has 1 saturated carbocycles. The Bertz CT molecular complexity index is 912. The van der Waals surface area contributed by atoms with Crippen LogP contribution in [-0.4, -0.2) is 17.7 Å². The molecular formula is C26H29NO2. The van der Waals surface area contributed by atoms with Crippen LogP contribution in [0.4, 0.5) is 0 Å². The number of ketones is 1. The van der Waals surface area contributed by atoms with Gasteiger partial charge in [0.05, 0.1) is 0 Å². The molecule has 2 aromatic rings. The minimum absolute atomic E-state index is 0.00964. The van der Waals surface area contributed by atoms with Gasteiger partial charge in [0.25, 0.3) is 5.91 Å². The minimum Gasteiger partial charge on any atom is -0.349 e. The van der Waals surface area contributed by atoms with Crippen molar-refractivity contribution in [3.63, 3.8) is 0 Å². The van der Waals surface area contributed by atoms with E-state index in [1.165, 1.54) is 18.4 Å². The predicted molar refractivity (Wildman–Crippen MR) is 117 cm³/mol. The average molecular weight is 388 g/mol. The van der Waals surface area contributed by atoms with Crippen molar-refractivity contribution in [2.75, 3.05) is 0 Å². The van der Waals surface area contributed by atoms with E-state index in [-0.39, 0.29) is 11.7 Å². The highest BCUT2D eigenvalue weighted by molar-refractivity contribution is 5.94. The second-order valence-corrected chi connectivity index (χ2v) is 8.20. The molecule has 3 rings (SSSR count). The molecule has 0 spiro atoms. The molecule has 2 aromatic carbocycles. The second kappa shape index (κ2) is 10.1. The lowest BCUT2D eigenvalue weighted by Gasteiger charge is -2.11. The topological polar surface area (TPSA) is 46.2 Å². The van der Waals surface area contributed by atoms with Crippen molar-refractivity contribution >= 4 is 11.7 Å². The number of nitrogens with one attached hydrogen (secondary N) is 1. The molecule has 1 unspecified atom stereocenters. The highest BCUT2D eigenvalue weighted by Crippen LogP contribution is 2.18. The quantitative estimate of drug-likeness (QED) is 0.716. The fraction of sp³-hybridized carbons (Fsp3) is 0.385. The molecule has 3 nitrogen and oxygen atoms in total. The number of rotatable bonds is 6. The summed E-state index contributed by atoms with van der Waals surface area (Å²) in [4.78, 5) is 23.7. The van der Waals surface area contributed by atoms with E-state index < -0.39 is 0 Å². The fourth-order valence-corrected chi connectivity index (χ4v) is 3.91. The van der Waals surface area contributed by atoms with Crippen LogP contribution in [0.15, 0.2) is 48.5 Å². The summed E-state index contributed by atoms with van der Waals surface area (Å²) < 4.78 is 0. The van der Waals surface area contributed by atoms with E-state index in [9.17, 15) is 9.59 Å². The van der Waals surface area contributed by atoms with Crippen molar-refractivity contribution in [2.24, 2.45) is 5.92 Å². The molecule has 0 aromatic heterocycles. The maximum absolute atomic E-state index is 12.4. The van der Waals surface area contributed by atoms with Gasteiger partial charge >= 0.3 is 0 Å². The Morgan fingerprint density at radius 1 is 1.03 bits per heavy atom. The number of hydrogen-bond acceptors (Lipinski definition) is 2. The standard InChI is InChI=1S/C26H29NO2/c1-19(16-20(2)28)17-23-14-11-21(12-15-23)10-13-22-6-5-7-24(18-22)26(29)27-25-8-3-4-9-25/h5-7,11-12,14-15,18-19,25H,3-4,8-9,16-17H2,1-2H3,(H,27,29). The lowest BCUT2D eigenvalue weighted by molar-refractivity contribution is -0.117. The molecule has 1 aliphatic rings. The van der Waals surface area contributed by atoms with Crippen molar-refractivity contribution in [3.8, 4) is 11.8 Å². The van der Waals surface area contributed by atoms with E-state index in [1.54, 1.807) is 6.92 Å². The van der Waals surface area contributed by atoms with Gasteiger partial charge in [-0.2, -0.15) is 0 Å². The van der Waals surface area contributed by atoms with Crippen LogP contribution >= 0.6 is 0 Å². The summed E-state index contributed by atoms with van der Waals surface area (Å²) >= 11 is 0. The van der Waals surface area contributed by atoms with Crippen LogP contribution in [0.5, 0.6) is 0 Å². The van der Waals surface area contributed by atoms with Gasteiger partial charge in [-0.1, -0.05) is 49.8 Å². The number of hydrogen-bond donors (Lipinski definition) is 1. The van der Waals surface area contributed by atoms with E-state index in [0.717, 1.165) is 30.4 Å². The highest BCUT2D eigenvalue weighted by atomic mass is 16.1. The van der Waals surface area contributed by atoms with Crippen LogP contribution in [0.3, 0.4) is 0 Å². The molecule has 29 heavy (non-hydrogen) atoms. The van der Waals surface area contributed by atoms with Crippen LogP contribution in [0.2, 0.25) is 0 Å². The van der Waals surface area contributed by atoms with Crippen LogP contribution < -0.4 is 5.32 Å².